The Labute approximate surface area is 577 Å². The number of hydrogen-bond acceptors (Lipinski definition) is 19. The zero-order valence-corrected chi connectivity index (χ0v) is 55.3. The van der Waals surface area contributed by atoms with Crippen molar-refractivity contribution in [2.75, 3.05) is 19.6 Å². The van der Waals surface area contributed by atoms with Crippen LogP contribution in [0.25, 0.3) is 0 Å². The lowest BCUT2D eigenvalue weighted by Gasteiger charge is -2.29. The summed E-state index contributed by atoms with van der Waals surface area (Å²) in [5.74, 6) is -12.0. The molecule has 11 atom stereocenters. The Morgan fingerprint density at radius 2 is 0.720 bits per heavy atom. The lowest BCUT2D eigenvalue weighted by atomic mass is 10.00. The molecule has 5 aromatic rings. The molecular weight excluding hydrogens is 1300 g/mol. The average Bonchev–Trinajstić information content (AvgIpc) is 1.10. The topological polar surface area (TPSA) is 502 Å². The van der Waals surface area contributed by atoms with Gasteiger partial charge >= 0.3 is 11.9 Å². The minimum Gasteiger partial charge on any atom is -0.508 e. The quantitative estimate of drug-likeness (QED) is 0.0216. The summed E-state index contributed by atoms with van der Waals surface area (Å²) in [6, 6.07) is 16.0. The zero-order valence-electron chi connectivity index (χ0n) is 55.3. The molecule has 0 radical (unpaired) electrons. The van der Waals surface area contributed by atoms with Crippen LogP contribution in [0.5, 0.6) is 23.0 Å². The lowest BCUT2D eigenvalue weighted by molar-refractivity contribution is -0.147. The second-order valence-corrected chi connectivity index (χ2v) is 24.5. The number of nitrogens with one attached hydrogen (secondary N) is 10. The predicted octanol–water partition coefficient (Wildman–Crippen LogP) is -0.664. The molecule has 6 rings (SSSR count). The summed E-state index contributed by atoms with van der Waals surface area (Å²) >= 11 is 0. The first-order valence-electron chi connectivity index (χ1n) is 32.9. The van der Waals surface area contributed by atoms with Gasteiger partial charge in [-0.25, -0.2) is 4.79 Å². The van der Waals surface area contributed by atoms with Gasteiger partial charge in [0.2, 0.25) is 53.2 Å². The number of benzene rings is 5. The number of carboxylic acid groups (broad SMARTS) is 2. The van der Waals surface area contributed by atoms with Gasteiger partial charge in [-0.05, 0) is 154 Å². The SMILES string of the molecule is C[C@@H](O)[C@H](NC(=O)[C@H](Cc1ccc(O)cc1)NC(=O)[C@H](CCCCN)NC(=O)[C@H](Cc1ccc(O)cc1)NC(=O)[C@@H]1CCCN1)C(=O)N[C@@H](Cc1ccccc1)C(=O)N[C@@H](Cc1ccc(O)cc1)C(=O)N[C@@H](CCCCN)C(=O)N[C@@H](Cc1ccc(O)cc1)C(=O)N[C@@H](CC(=O)O)C(=O)O. The summed E-state index contributed by atoms with van der Waals surface area (Å²) in [6.07, 6.45) is -1.59. The van der Waals surface area contributed by atoms with E-state index in [0.717, 1.165) is 6.42 Å². The van der Waals surface area contributed by atoms with E-state index in [1.807, 2.05) is 0 Å². The number of aromatic hydroxyl groups is 4. The highest BCUT2D eigenvalue weighted by atomic mass is 16.4. The van der Waals surface area contributed by atoms with E-state index < -0.39 is 138 Å². The van der Waals surface area contributed by atoms with Crippen molar-refractivity contribution < 1.29 is 88.5 Å². The van der Waals surface area contributed by atoms with E-state index in [4.69, 9.17) is 11.5 Å². The molecule has 0 spiro atoms. The summed E-state index contributed by atoms with van der Waals surface area (Å²) in [6.45, 7) is 2.15. The molecular formula is C70H90N12O18. The Balaban J connectivity index is 1.28. The van der Waals surface area contributed by atoms with Gasteiger partial charge in [0, 0.05) is 32.1 Å². The maximum Gasteiger partial charge on any atom is 0.326 e. The highest BCUT2D eigenvalue weighted by molar-refractivity contribution is 5.99. The van der Waals surface area contributed by atoms with Crippen molar-refractivity contribution in [1.29, 1.82) is 0 Å². The van der Waals surface area contributed by atoms with E-state index in [0.29, 0.717) is 60.0 Å². The maximum absolute atomic E-state index is 15.0. The Kier molecular flexibility index (Phi) is 31.0. The van der Waals surface area contributed by atoms with Crippen LogP contribution in [0.1, 0.15) is 92.5 Å². The van der Waals surface area contributed by atoms with Gasteiger partial charge in [-0.3, -0.25) is 47.9 Å². The van der Waals surface area contributed by atoms with Gasteiger partial charge in [-0.2, -0.15) is 0 Å². The van der Waals surface area contributed by atoms with Crippen LogP contribution in [0.15, 0.2) is 127 Å². The lowest BCUT2D eigenvalue weighted by Crippen LogP contribution is -2.62. The van der Waals surface area contributed by atoms with E-state index in [9.17, 15) is 88.5 Å². The van der Waals surface area contributed by atoms with E-state index in [2.05, 4.69) is 53.2 Å². The minimum atomic E-state index is -1.93. The van der Waals surface area contributed by atoms with Gasteiger partial charge < -0.3 is 100 Å². The van der Waals surface area contributed by atoms with Crippen LogP contribution in [-0.4, -0.2) is 187 Å². The minimum absolute atomic E-state index is 0.00164. The van der Waals surface area contributed by atoms with Crippen LogP contribution in [0.3, 0.4) is 0 Å². The fourth-order valence-corrected chi connectivity index (χ4v) is 11.0. The number of unbranched alkanes of at least 4 members (excludes halogenated alkanes) is 2. The molecule has 30 nitrogen and oxygen atoms in total. The van der Waals surface area contributed by atoms with Crippen molar-refractivity contribution >= 4 is 65.1 Å². The molecule has 1 fully saturated rings. The fraction of sp³-hybridized carbons (Fsp3) is 0.414. The van der Waals surface area contributed by atoms with Crippen molar-refractivity contribution in [2.45, 2.75) is 163 Å². The van der Waals surface area contributed by atoms with Crippen molar-refractivity contribution in [3.63, 3.8) is 0 Å². The van der Waals surface area contributed by atoms with Crippen LogP contribution in [0.4, 0.5) is 0 Å². The fourth-order valence-electron chi connectivity index (χ4n) is 11.0. The van der Waals surface area contributed by atoms with E-state index in [-0.39, 0.29) is 87.5 Å². The van der Waals surface area contributed by atoms with Gasteiger partial charge in [0.15, 0.2) is 0 Å². The summed E-state index contributed by atoms with van der Waals surface area (Å²) in [4.78, 5) is 154. The molecule has 0 bridgehead atoms. The number of aliphatic hydroxyl groups is 1. The van der Waals surface area contributed by atoms with Crippen LogP contribution in [-0.2, 0) is 84.8 Å². The molecule has 0 aliphatic carbocycles. The number of phenolic OH excluding ortho intramolecular Hbond substituents is 4. The number of carbonyl (C=O) groups is 11. The van der Waals surface area contributed by atoms with Crippen LogP contribution in [0, 0.1) is 0 Å². The number of aliphatic hydroxyl groups excluding tert-OH is 1. The van der Waals surface area contributed by atoms with Crippen LogP contribution < -0.4 is 64.6 Å². The second kappa shape index (κ2) is 39.6. The van der Waals surface area contributed by atoms with E-state index in [1.54, 1.807) is 42.5 Å². The molecule has 1 heterocycles. The van der Waals surface area contributed by atoms with Gasteiger partial charge in [0.25, 0.3) is 0 Å². The smallest absolute Gasteiger partial charge is 0.326 e. The van der Waals surface area contributed by atoms with Crippen molar-refractivity contribution in [1.82, 2.24) is 53.2 Å². The molecule has 1 saturated heterocycles. The van der Waals surface area contributed by atoms with E-state index in [1.165, 1.54) is 91.9 Å². The number of rotatable bonds is 40. The number of aliphatic carboxylic acids is 2. The summed E-state index contributed by atoms with van der Waals surface area (Å²) in [5, 5.41) is 97.2. The number of phenols is 4. The highest BCUT2D eigenvalue weighted by Crippen LogP contribution is 2.19. The van der Waals surface area contributed by atoms with E-state index >= 15 is 0 Å². The molecule has 1 aliphatic heterocycles. The van der Waals surface area contributed by atoms with Gasteiger partial charge in [-0.1, -0.05) is 78.9 Å². The molecule has 21 N–H and O–H groups in total. The summed E-state index contributed by atoms with van der Waals surface area (Å²) in [5.41, 5.74) is 13.8. The maximum atomic E-state index is 15.0. The molecule has 5 aromatic carbocycles. The highest BCUT2D eigenvalue weighted by Gasteiger charge is 2.38. The van der Waals surface area contributed by atoms with Crippen molar-refractivity contribution in [3.05, 3.63) is 155 Å². The van der Waals surface area contributed by atoms with Gasteiger partial charge in [-0.15, -0.1) is 0 Å². The molecule has 0 aromatic heterocycles. The zero-order chi connectivity index (χ0) is 72.8. The van der Waals surface area contributed by atoms with Crippen molar-refractivity contribution in [3.8, 4) is 23.0 Å². The number of carboxylic acids is 2. The predicted molar refractivity (Wildman–Crippen MR) is 363 cm³/mol. The number of hydrogen-bond donors (Lipinski definition) is 19. The number of carbonyl (C=O) groups excluding carboxylic acids is 9. The van der Waals surface area contributed by atoms with Gasteiger partial charge in [0.1, 0.15) is 77.4 Å². The summed E-state index contributed by atoms with van der Waals surface area (Å²) < 4.78 is 0. The molecule has 30 heteroatoms. The molecule has 100 heavy (non-hydrogen) atoms. The average molecular weight is 1390 g/mol. The Morgan fingerprint density at radius 1 is 0.410 bits per heavy atom. The number of nitrogens with two attached hydrogens (primary N) is 2. The monoisotopic (exact) mass is 1390 g/mol. The largest absolute Gasteiger partial charge is 0.508 e. The molecule has 1 aliphatic rings. The first-order chi connectivity index (χ1) is 47.8. The Morgan fingerprint density at radius 3 is 1.04 bits per heavy atom. The Bertz CT molecular complexity index is 3540. The Hall–Kier alpha value is -10.7. The standard InChI is InChI=1S/C70H90N12O18/c1-40(83)60(82-68(97)57(38-45-21-29-49(87)30-22-45)78-63(92)52(13-6-8-32-72)74-64(93)53(35-42-15-23-46(84)24-16-42)76-61(90)50-14-9-33-73-50)69(98)80-56(34-41-10-3-2-4-11-41)66(95)79-54(36-43-17-25-47(85)26-18-43)65(94)75-51(12-5-7-31-71)62(91)77-55(37-44-19-27-48(86)28-20-44)67(96)81-58(70(99)100)39-59(88)89/h2-4,10-11,15-30,40,50-58,60,73,83-87H,5-9,12-14,31-39,71-72H2,1H3,(H,74,93)(H,75,94)(H,76,90)(H,77,91)(H,78,92)(H,79,95)(H,80,98)(H,81,96)(H,82,97)(H,88,89)(H,99,100)/t40-,50+,51+,52+,53+,54+,55+,56+,57+,58+,60+/m1/s1. The number of amides is 9. The molecule has 0 unspecified atom stereocenters. The summed E-state index contributed by atoms with van der Waals surface area (Å²) in [7, 11) is 0. The van der Waals surface area contributed by atoms with Gasteiger partial charge in [0.05, 0.1) is 18.6 Å². The van der Waals surface area contributed by atoms with Crippen LogP contribution in [0.2, 0.25) is 0 Å². The normalized spacial score (nSPS) is 15.6. The molecule has 9 amide bonds. The van der Waals surface area contributed by atoms with Crippen molar-refractivity contribution in [2.24, 2.45) is 11.5 Å². The first-order valence-corrected chi connectivity index (χ1v) is 32.9. The molecule has 0 saturated carbocycles. The van der Waals surface area contributed by atoms with Crippen LogP contribution >= 0.6 is 0 Å². The third kappa shape index (κ3) is 26.0. The molecule has 538 valence electrons. The first kappa shape index (κ1) is 78.3. The third-order valence-electron chi connectivity index (χ3n) is 16.5. The second-order valence-electron chi connectivity index (χ2n) is 24.5. The third-order valence-corrected chi connectivity index (χ3v) is 16.5.